The molecule has 5 nitrogen and oxygen atoms in total. The zero-order valence-electron chi connectivity index (χ0n) is 10.4. The van der Waals surface area contributed by atoms with Crippen molar-refractivity contribution in [3.63, 3.8) is 0 Å². The summed E-state index contributed by atoms with van der Waals surface area (Å²) in [4.78, 5) is 4.18. The van der Waals surface area contributed by atoms with Gasteiger partial charge < -0.3 is 10.5 Å². The fourth-order valence-electron chi connectivity index (χ4n) is 2.32. The highest BCUT2D eigenvalue weighted by Crippen LogP contribution is 2.30. The van der Waals surface area contributed by atoms with E-state index < -0.39 is 9.84 Å². The lowest BCUT2D eigenvalue weighted by atomic mass is 10.1. The number of nitrogens with zero attached hydrogens (tertiary/aromatic N) is 1. The highest BCUT2D eigenvalue weighted by Gasteiger charge is 2.29. The molecule has 0 aromatic carbocycles. The number of rotatable bonds is 4. The number of nitrogens with two attached hydrogens (primary N) is 1. The molecule has 2 rings (SSSR count). The first kappa shape index (κ1) is 13.3. The molecule has 1 fully saturated rings. The minimum absolute atomic E-state index is 0.0228. The Morgan fingerprint density at radius 2 is 2.28 bits per heavy atom. The van der Waals surface area contributed by atoms with Crippen molar-refractivity contribution in [3.05, 3.63) is 18.3 Å². The van der Waals surface area contributed by atoms with E-state index in [1.807, 2.05) is 0 Å². The van der Waals surface area contributed by atoms with Crippen LogP contribution in [0.15, 0.2) is 23.2 Å². The topological polar surface area (TPSA) is 82.3 Å². The van der Waals surface area contributed by atoms with Crippen molar-refractivity contribution < 1.29 is 13.2 Å². The summed E-state index contributed by atoms with van der Waals surface area (Å²) in [6, 6.07) is 3.11. The highest BCUT2D eigenvalue weighted by molar-refractivity contribution is 7.90. The fraction of sp³-hybridized carbons (Fsp3) is 0.583. The van der Waals surface area contributed by atoms with Gasteiger partial charge >= 0.3 is 0 Å². The fourth-order valence-corrected chi connectivity index (χ4v) is 3.06. The molecule has 1 heterocycles. The maximum absolute atomic E-state index is 11.6. The summed E-state index contributed by atoms with van der Waals surface area (Å²) in [6.07, 6.45) is 5.67. The van der Waals surface area contributed by atoms with E-state index in [1.54, 1.807) is 6.07 Å². The molecule has 100 valence electrons. The van der Waals surface area contributed by atoms with E-state index in [9.17, 15) is 8.42 Å². The summed E-state index contributed by atoms with van der Waals surface area (Å²) in [5.74, 6) is 0.491. The summed E-state index contributed by atoms with van der Waals surface area (Å²) in [6.45, 7) is 0.561. The van der Waals surface area contributed by atoms with Gasteiger partial charge in [-0.05, 0) is 37.9 Å². The normalized spacial score (nSPS) is 24.1. The molecule has 2 N–H and O–H groups in total. The molecule has 0 amide bonds. The molecule has 0 spiro atoms. The molecule has 2 atom stereocenters. The van der Waals surface area contributed by atoms with Gasteiger partial charge in [0, 0.05) is 18.4 Å². The first-order chi connectivity index (χ1) is 8.52. The van der Waals surface area contributed by atoms with Gasteiger partial charge in [0.2, 0.25) is 5.88 Å². The zero-order chi connectivity index (χ0) is 13.2. The van der Waals surface area contributed by atoms with Gasteiger partial charge in [-0.2, -0.15) is 0 Å². The van der Waals surface area contributed by atoms with Gasteiger partial charge in [-0.25, -0.2) is 13.4 Å². The molecule has 1 saturated carbocycles. The van der Waals surface area contributed by atoms with Crippen LogP contribution in [0.4, 0.5) is 0 Å². The van der Waals surface area contributed by atoms with Crippen molar-refractivity contribution in [2.75, 3.05) is 12.8 Å². The van der Waals surface area contributed by atoms with Crippen molar-refractivity contribution in [1.29, 1.82) is 0 Å². The number of hydrogen-bond donors (Lipinski definition) is 1. The first-order valence-corrected chi connectivity index (χ1v) is 7.93. The van der Waals surface area contributed by atoms with Gasteiger partial charge in [-0.3, -0.25) is 0 Å². The number of aromatic nitrogens is 1. The smallest absolute Gasteiger partial charge is 0.232 e. The van der Waals surface area contributed by atoms with Crippen molar-refractivity contribution in [2.24, 2.45) is 11.7 Å². The molecule has 1 aromatic heterocycles. The predicted molar refractivity (Wildman–Crippen MR) is 68.2 cm³/mol. The summed E-state index contributed by atoms with van der Waals surface area (Å²) in [7, 11) is -3.32. The third kappa shape index (κ3) is 2.81. The van der Waals surface area contributed by atoms with Gasteiger partial charge in [0.1, 0.15) is 11.0 Å². The van der Waals surface area contributed by atoms with Crippen LogP contribution in [-0.4, -0.2) is 32.3 Å². The Morgan fingerprint density at radius 3 is 2.94 bits per heavy atom. The standard InChI is InChI=1S/C12H18N2O3S/c1-18(15,16)11-6-3-7-14-12(11)17-10-5-2-4-9(10)8-13/h3,6-7,9-10H,2,4-5,8,13H2,1H3. The van der Waals surface area contributed by atoms with Crippen LogP contribution < -0.4 is 10.5 Å². The number of pyridine rings is 1. The lowest BCUT2D eigenvalue weighted by Crippen LogP contribution is -2.28. The monoisotopic (exact) mass is 270 g/mol. The van der Waals surface area contributed by atoms with E-state index in [2.05, 4.69) is 4.98 Å². The largest absolute Gasteiger partial charge is 0.473 e. The van der Waals surface area contributed by atoms with E-state index in [-0.39, 0.29) is 16.9 Å². The molecule has 0 radical (unpaired) electrons. The molecular weight excluding hydrogens is 252 g/mol. The molecule has 0 saturated heterocycles. The van der Waals surface area contributed by atoms with Crippen molar-refractivity contribution >= 4 is 9.84 Å². The lowest BCUT2D eigenvalue weighted by molar-refractivity contribution is 0.151. The SMILES string of the molecule is CS(=O)(=O)c1cccnc1OC1CCCC1CN. The molecule has 0 bridgehead atoms. The van der Waals surface area contributed by atoms with Gasteiger partial charge in [0.15, 0.2) is 9.84 Å². The molecular formula is C12H18N2O3S. The molecule has 2 unspecified atom stereocenters. The third-order valence-corrected chi connectivity index (χ3v) is 4.40. The Kier molecular flexibility index (Phi) is 3.87. The first-order valence-electron chi connectivity index (χ1n) is 6.04. The molecule has 1 aliphatic rings. The molecule has 6 heteroatoms. The minimum atomic E-state index is -3.32. The number of hydrogen-bond acceptors (Lipinski definition) is 5. The number of ether oxygens (including phenoxy) is 1. The lowest BCUT2D eigenvalue weighted by Gasteiger charge is -2.20. The Hall–Kier alpha value is -1.14. The van der Waals surface area contributed by atoms with Crippen molar-refractivity contribution in [3.8, 4) is 5.88 Å². The Labute approximate surface area is 107 Å². The van der Waals surface area contributed by atoms with Crippen LogP contribution in [0, 0.1) is 5.92 Å². The minimum Gasteiger partial charge on any atom is -0.473 e. The predicted octanol–water partition coefficient (Wildman–Crippen LogP) is 0.991. The maximum atomic E-state index is 11.6. The molecule has 1 aliphatic carbocycles. The van der Waals surface area contributed by atoms with E-state index in [4.69, 9.17) is 10.5 Å². The van der Waals surface area contributed by atoms with Crippen LogP contribution in [0.2, 0.25) is 0 Å². The average molecular weight is 270 g/mol. The average Bonchev–Trinajstić information content (AvgIpc) is 2.75. The van der Waals surface area contributed by atoms with Gasteiger partial charge in [0.05, 0.1) is 0 Å². The Balaban J connectivity index is 2.24. The van der Waals surface area contributed by atoms with E-state index in [1.165, 1.54) is 12.3 Å². The summed E-state index contributed by atoms with van der Waals surface area (Å²) in [5.41, 5.74) is 5.68. The van der Waals surface area contributed by atoms with Crippen molar-refractivity contribution in [2.45, 2.75) is 30.3 Å². The summed E-state index contributed by atoms with van der Waals surface area (Å²) < 4.78 is 29.0. The highest BCUT2D eigenvalue weighted by atomic mass is 32.2. The van der Waals surface area contributed by atoms with Gasteiger partial charge in [-0.15, -0.1) is 0 Å². The molecule has 1 aromatic rings. The quantitative estimate of drug-likeness (QED) is 0.882. The van der Waals surface area contributed by atoms with Crippen LogP contribution in [0.1, 0.15) is 19.3 Å². The number of sulfone groups is 1. The van der Waals surface area contributed by atoms with Gasteiger partial charge in [0.25, 0.3) is 0 Å². The summed E-state index contributed by atoms with van der Waals surface area (Å²) >= 11 is 0. The van der Waals surface area contributed by atoms with E-state index in [0.717, 1.165) is 25.5 Å². The van der Waals surface area contributed by atoms with Crippen LogP contribution in [0.3, 0.4) is 0 Å². The second kappa shape index (κ2) is 5.24. The third-order valence-electron chi connectivity index (χ3n) is 3.29. The van der Waals surface area contributed by atoms with E-state index in [0.29, 0.717) is 12.5 Å². The summed E-state index contributed by atoms with van der Waals surface area (Å²) in [5, 5.41) is 0. The van der Waals surface area contributed by atoms with Crippen LogP contribution >= 0.6 is 0 Å². The van der Waals surface area contributed by atoms with Crippen molar-refractivity contribution in [1.82, 2.24) is 4.98 Å². The maximum Gasteiger partial charge on any atom is 0.232 e. The van der Waals surface area contributed by atoms with E-state index >= 15 is 0 Å². The second-order valence-electron chi connectivity index (χ2n) is 4.66. The van der Waals surface area contributed by atoms with Crippen LogP contribution in [-0.2, 0) is 9.84 Å². The van der Waals surface area contributed by atoms with Gasteiger partial charge in [-0.1, -0.05) is 0 Å². The zero-order valence-corrected chi connectivity index (χ0v) is 11.2. The second-order valence-corrected chi connectivity index (χ2v) is 6.65. The van der Waals surface area contributed by atoms with Crippen LogP contribution in [0.5, 0.6) is 5.88 Å². The Morgan fingerprint density at radius 1 is 1.50 bits per heavy atom. The molecule has 18 heavy (non-hydrogen) atoms. The van der Waals surface area contributed by atoms with Crippen LogP contribution in [0.25, 0.3) is 0 Å². The Bertz CT molecular complexity index is 516. The molecule has 0 aliphatic heterocycles.